The van der Waals surface area contributed by atoms with Crippen LogP contribution in [0.25, 0.3) is 0 Å². The number of para-hydroxylation sites is 1. The Bertz CT molecular complexity index is 846. The summed E-state index contributed by atoms with van der Waals surface area (Å²) in [6.07, 6.45) is 0. The van der Waals surface area contributed by atoms with E-state index in [4.69, 9.17) is 0 Å². The number of carbonyl (C=O) groups is 1. The number of anilines is 1. The number of benzene rings is 1. The van der Waals surface area contributed by atoms with Crippen molar-refractivity contribution in [3.8, 4) is 0 Å². The molecule has 2 aliphatic rings. The zero-order valence-corrected chi connectivity index (χ0v) is 18.3. The number of rotatable bonds is 3. The van der Waals surface area contributed by atoms with E-state index in [0.29, 0.717) is 32.1 Å². The predicted octanol–water partition coefficient (Wildman–Crippen LogP) is 0.420. The van der Waals surface area contributed by atoms with Gasteiger partial charge in [-0.25, -0.2) is 8.42 Å². The standard InChI is InChI=1S/C20H31N5O3S/c1-20(2)16-25(13-14-29(20,27)28)19(21-3)22-15-18(26)24-11-9-23(10-12-24)17-7-5-4-6-8-17/h4-8H,9-16H2,1-3H3,(H,21,22). The molecule has 2 aliphatic heterocycles. The van der Waals surface area contributed by atoms with Crippen LogP contribution in [0.5, 0.6) is 0 Å². The van der Waals surface area contributed by atoms with Crippen molar-refractivity contribution in [1.82, 2.24) is 15.1 Å². The molecule has 3 rings (SSSR count). The Hall–Kier alpha value is -2.29. The lowest BCUT2D eigenvalue weighted by atomic mass is 10.2. The Kier molecular flexibility index (Phi) is 6.36. The smallest absolute Gasteiger partial charge is 0.242 e. The predicted molar refractivity (Wildman–Crippen MR) is 116 cm³/mol. The topological polar surface area (TPSA) is 85.3 Å². The fourth-order valence-electron chi connectivity index (χ4n) is 3.78. The Labute approximate surface area is 173 Å². The van der Waals surface area contributed by atoms with Gasteiger partial charge in [0.1, 0.15) is 0 Å². The number of nitrogens with one attached hydrogen (secondary N) is 1. The number of sulfone groups is 1. The van der Waals surface area contributed by atoms with Crippen molar-refractivity contribution in [3.05, 3.63) is 30.3 Å². The summed E-state index contributed by atoms with van der Waals surface area (Å²) in [5, 5.41) is 3.12. The maximum absolute atomic E-state index is 12.7. The summed E-state index contributed by atoms with van der Waals surface area (Å²) in [5.74, 6) is 0.697. The van der Waals surface area contributed by atoms with Gasteiger partial charge in [-0.05, 0) is 26.0 Å². The molecular formula is C20H31N5O3S. The Balaban J connectivity index is 1.50. The molecule has 1 aromatic rings. The van der Waals surface area contributed by atoms with Crippen molar-refractivity contribution in [2.45, 2.75) is 18.6 Å². The summed E-state index contributed by atoms with van der Waals surface area (Å²) in [4.78, 5) is 23.0. The van der Waals surface area contributed by atoms with Crippen molar-refractivity contribution in [2.24, 2.45) is 4.99 Å². The van der Waals surface area contributed by atoms with Crippen LogP contribution in [0.15, 0.2) is 35.3 Å². The molecule has 29 heavy (non-hydrogen) atoms. The molecule has 0 spiro atoms. The van der Waals surface area contributed by atoms with Gasteiger partial charge < -0.3 is 20.0 Å². The van der Waals surface area contributed by atoms with Gasteiger partial charge in [0.2, 0.25) is 5.91 Å². The average Bonchev–Trinajstić information content (AvgIpc) is 2.71. The lowest BCUT2D eigenvalue weighted by Gasteiger charge is -2.39. The minimum absolute atomic E-state index is 0.0303. The number of guanidine groups is 1. The van der Waals surface area contributed by atoms with Crippen molar-refractivity contribution >= 4 is 27.4 Å². The normalized spacial score (nSPS) is 21.8. The number of piperazine rings is 1. The summed E-state index contributed by atoms with van der Waals surface area (Å²) in [6, 6.07) is 10.2. The van der Waals surface area contributed by atoms with E-state index in [1.807, 2.05) is 28.0 Å². The molecular weight excluding hydrogens is 390 g/mol. The summed E-state index contributed by atoms with van der Waals surface area (Å²) in [7, 11) is -1.46. The van der Waals surface area contributed by atoms with Gasteiger partial charge in [-0.3, -0.25) is 9.79 Å². The van der Waals surface area contributed by atoms with Gasteiger partial charge >= 0.3 is 0 Å². The van der Waals surface area contributed by atoms with Gasteiger partial charge in [0.25, 0.3) is 0 Å². The second-order valence-electron chi connectivity index (χ2n) is 8.10. The van der Waals surface area contributed by atoms with Crippen LogP contribution in [0.2, 0.25) is 0 Å². The van der Waals surface area contributed by atoms with Gasteiger partial charge in [0.05, 0.1) is 17.0 Å². The van der Waals surface area contributed by atoms with E-state index in [2.05, 4.69) is 27.3 Å². The van der Waals surface area contributed by atoms with E-state index in [9.17, 15) is 13.2 Å². The van der Waals surface area contributed by atoms with E-state index in [-0.39, 0.29) is 18.2 Å². The first-order chi connectivity index (χ1) is 13.7. The highest BCUT2D eigenvalue weighted by Gasteiger charge is 2.41. The molecule has 2 fully saturated rings. The molecule has 1 amide bonds. The van der Waals surface area contributed by atoms with Crippen LogP contribution in [-0.2, 0) is 14.6 Å². The van der Waals surface area contributed by atoms with Gasteiger partial charge in [0.15, 0.2) is 15.8 Å². The van der Waals surface area contributed by atoms with Crippen LogP contribution in [0.1, 0.15) is 13.8 Å². The molecule has 1 N–H and O–H groups in total. The van der Waals surface area contributed by atoms with Crippen LogP contribution >= 0.6 is 0 Å². The maximum Gasteiger partial charge on any atom is 0.242 e. The maximum atomic E-state index is 12.7. The molecule has 9 heteroatoms. The summed E-state index contributed by atoms with van der Waals surface area (Å²) < 4.78 is 23.6. The van der Waals surface area contributed by atoms with Gasteiger partial charge in [0, 0.05) is 52.0 Å². The van der Waals surface area contributed by atoms with Crippen molar-refractivity contribution < 1.29 is 13.2 Å². The molecule has 2 saturated heterocycles. The minimum atomic E-state index is -3.12. The zero-order chi connectivity index (χ0) is 21.1. The lowest BCUT2D eigenvalue weighted by Crippen LogP contribution is -2.58. The molecule has 0 atom stereocenters. The molecule has 2 heterocycles. The number of hydrogen-bond donors (Lipinski definition) is 1. The molecule has 0 aliphatic carbocycles. The Morgan fingerprint density at radius 1 is 1.07 bits per heavy atom. The van der Waals surface area contributed by atoms with E-state index in [0.717, 1.165) is 13.1 Å². The number of aliphatic imine (C=N–C) groups is 1. The van der Waals surface area contributed by atoms with Crippen LogP contribution in [0, 0.1) is 0 Å². The van der Waals surface area contributed by atoms with Crippen LogP contribution in [0.4, 0.5) is 5.69 Å². The summed E-state index contributed by atoms with van der Waals surface area (Å²) in [6.45, 7) is 7.35. The molecule has 1 aromatic carbocycles. The first-order valence-electron chi connectivity index (χ1n) is 9.99. The zero-order valence-electron chi connectivity index (χ0n) is 17.5. The SMILES string of the molecule is CN=C(NCC(=O)N1CCN(c2ccccc2)CC1)N1CCS(=O)(=O)C(C)(C)C1. The highest BCUT2D eigenvalue weighted by molar-refractivity contribution is 7.92. The number of hydrogen-bond acceptors (Lipinski definition) is 5. The van der Waals surface area contributed by atoms with Crippen molar-refractivity contribution in [2.75, 3.05) is 63.5 Å². The second kappa shape index (κ2) is 8.61. The number of nitrogens with zero attached hydrogens (tertiary/aromatic N) is 4. The first kappa shape index (κ1) is 21.4. The van der Waals surface area contributed by atoms with Crippen LogP contribution in [0.3, 0.4) is 0 Å². The highest BCUT2D eigenvalue weighted by atomic mass is 32.2. The molecule has 0 unspecified atom stereocenters. The number of carbonyl (C=O) groups excluding carboxylic acids is 1. The van der Waals surface area contributed by atoms with Crippen LogP contribution in [-0.4, -0.2) is 93.4 Å². The monoisotopic (exact) mass is 421 g/mol. The third-order valence-electron chi connectivity index (χ3n) is 5.71. The molecule has 8 nitrogen and oxygen atoms in total. The Morgan fingerprint density at radius 2 is 1.72 bits per heavy atom. The second-order valence-corrected chi connectivity index (χ2v) is 10.8. The molecule has 160 valence electrons. The molecule has 0 radical (unpaired) electrons. The summed E-state index contributed by atoms with van der Waals surface area (Å²) >= 11 is 0. The molecule has 0 aromatic heterocycles. The van der Waals surface area contributed by atoms with E-state index in [1.165, 1.54) is 5.69 Å². The quantitative estimate of drug-likeness (QED) is 0.562. The van der Waals surface area contributed by atoms with Gasteiger partial charge in [-0.15, -0.1) is 0 Å². The van der Waals surface area contributed by atoms with Gasteiger partial charge in [-0.1, -0.05) is 18.2 Å². The first-order valence-corrected chi connectivity index (χ1v) is 11.6. The third kappa shape index (κ3) is 4.83. The van der Waals surface area contributed by atoms with Crippen LogP contribution < -0.4 is 10.2 Å². The fraction of sp³-hybridized carbons (Fsp3) is 0.600. The van der Waals surface area contributed by atoms with Gasteiger partial charge in [-0.2, -0.15) is 0 Å². The van der Waals surface area contributed by atoms with E-state index in [1.54, 1.807) is 20.9 Å². The van der Waals surface area contributed by atoms with Crippen molar-refractivity contribution in [3.63, 3.8) is 0 Å². The highest BCUT2D eigenvalue weighted by Crippen LogP contribution is 2.23. The number of amides is 1. The lowest BCUT2D eigenvalue weighted by molar-refractivity contribution is -0.130. The fourth-order valence-corrected chi connectivity index (χ4v) is 5.14. The largest absolute Gasteiger partial charge is 0.368 e. The summed E-state index contributed by atoms with van der Waals surface area (Å²) in [5.41, 5.74) is 1.18. The minimum Gasteiger partial charge on any atom is -0.368 e. The molecule has 0 bridgehead atoms. The Morgan fingerprint density at radius 3 is 2.31 bits per heavy atom. The van der Waals surface area contributed by atoms with E-state index >= 15 is 0 Å². The van der Waals surface area contributed by atoms with Crippen molar-refractivity contribution in [1.29, 1.82) is 0 Å². The third-order valence-corrected chi connectivity index (χ3v) is 8.24. The molecule has 0 saturated carbocycles. The average molecular weight is 422 g/mol. The van der Waals surface area contributed by atoms with E-state index < -0.39 is 14.6 Å².